The van der Waals surface area contributed by atoms with Crippen molar-refractivity contribution in [2.24, 2.45) is 5.10 Å². The van der Waals surface area contributed by atoms with Gasteiger partial charge in [-0.3, -0.25) is 0 Å². The summed E-state index contributed by atoms with van der Waals surface area (Å²) in [5.74, 6) is 0.636. The molecule has 2 N–H and O–H groups in total. The first-order valence-electron chi connectivity index (χ1n) is 8.18. The summed E-state index contributed by atoms with van der Waals surface area (Å²) in [5.41, 5.74) is 2.99. The molecule has 4 rings (SSSR count). The highest BCUT2D eigenvalue weighted by Crippen LogP contribution is 2.25. The molecule has 1 unspecified atom stereocenters. The van der Waals surface area contributed by atoms with Gasteiger partial charge in [-0.25, -0.2) is 5.01 Å². The first-order valence-corrected chi connectivity index (χ1v) is 8.18. The molecule has 1 saturated heterocycles. The van der Waals surface area contributed by atoms with Gasteiger partial charge in [0.05, 0.1) is 12.2 Å². The molecule has 0 amide bonds. The summed E-state index contributed by atoms with van der Waals surface area (Å²) >= 11 is 0. The minimum atomic E-state index is -0.706. The molecule has 1 aromatic carbocycles. The fraction of sp³-hybridized carbons (Fsp3) is 0.400. The highest BCUT2D eigenvalue weighted by Gasteiger charge is 2.29. The summed E-state index contributed by atoms with van der Waals surface area (Å²) in [4.78, 5) is 1.72. The zero-order valence-electron chi connectivity index (χ0n) is 13.9. The minimum Gasteiger partial charge on any atom is -0.463 e. The molecule has 140 valence electrons. The van der Waals surface area contributed by atoms with Crippen LogP contribution in [0.4, 0.5) is 4.48 Å². The molecule has 1 aromatic heterocycles. The minimum absolute atomic E-state index is 0. The monoisotopic (exact) mass is 382 g/mol. The van der Waals surface area contributed by atoms with Crippen molar-refractivity contribution in [1.29, 1.82) is 0 Å². The summed E-state index contributed by atoms with van der Waals surface area (Å²) < 4.78 is 19.2. The van der Waals surface area contributed by atoms with E-state index in [4.69, 9.17) is 4.74 Å². The number of hydrazine groups is 2. The third-order valence-corrected chi connectivity index (χ3v) is 4.13. The fourth-order valence-corrected chi connectivity index (χ4v) is 2.86. The van der Waals surface area contributed by atoms with Crippen LogP contribution in [0.15, 0.2) is 41.6 Å². The topological polar surface area (TPSA) is 82.8 Å². The van der Waals surface area contributed by atoms with Crippen LogP contribution in [0.2, 0.25) is 0 Å². The number of hydrazone groups is 1. The van der Waals surface area contributed by atoms with Gasteiger partial charge in [-0.1, -0.05) is 28.2 Å². The van der Waals surface area contributed by atoms with Crippen LogP contribution in [0.3, 0.4) is 0 Å². The smallest absolute Gasteiger partial charge is 0.234 e. The van der Waals surface area contributed by atoms with Gasteiger partial charge in [-0.05, 0) is 43.4 Å². The van der Waals surface area contributed by atoms with Crippen molar-refractivity contribution in [3.63, 3.8) is 0 Å². The summed E-state index contributed by atoms with van der Waals surface area (Å²) in [6, 6.07) is 9.53. The number of nitrogens with one attached hydrogen (secondary N) is 2. The van der Waals surface area contributed by atoms with Gasteiger partial charge < -0.3 is 10.1 Å². The molecule has 0 radical (unpaired) electrons. The van der Waals surface area contributed by atoms with Gasteiger partial charge in [0.15, 0.2) is 0 Å². The Morgan fingerprint density at radius 2 is 1.96 bits per heavy atom. The van der Waals surface area contributed by atoms with Crippen molar-refractivity contribution in [3.8, 4) is 5.75 Å². The number of ether oxygens (including phenoxy) is 1. The van der Waals surface area contributed by atoms with E-state index < -0.39 is 6.23 Å². The Morgan fingerprint density at radius 3 is 2.65 bits per heavy atom. The van der Waals surface area contributed by atoms with Gasteiger partial charge >= 0.3 is 0 Å². The number of rotatable bonds is 5. The van der Waals surface area contributed by atoms with Gasteiger partial charge in [0.25, 0.3) is 0 Å². The average Bonchev–Trinajstić information content (AvgIpc) is 3.31. The normalized spacial score (nSPS) is 18.7. The zero-order valence-corrected chi connectivity index (χ0v) is 14.7. The molecular weight excluding hydrogens is 363 g/mol. The Labute approximate surface area is 156 Å². The predicted molar refractivity (Wildman–Crippen MR) is 94.6 cm³/mol. The number of hydrogen-bond acceptors (Lipinski definition) is 8. The van der Waals surface area contributed by atoms with E-state index in [1.54, 1.807) is 11.0 Å². The maximum atomic E-state index is 13.3. The maximum absolute atomic E-state index is 13.3. The third-order valence-electron chi connectivity index (χ3n) is 4.13. The Kier molecular flexibility index (Phi) is 5.86. The van der Waals surface area contributed by atoms with Crippen LogP contribution < -0.4 is 15.6 Å². The second-order valence-electron chi connectivity index (χ2n) is 5.85. The van der Waals surface area contributed by atoms with Crippen LogP contribution in [0.5, 0.6) is 5.75 Å². The Morgan fingerprint density at radius 1 is 1.19 bits per heavy atom. The average molecular weight is 383 g/mol. The summed E-state index contributed by atoms with van der Waals surface area (Å²) in [7, 11) is 0. The van der Waals surface area contributed by atoms with Crippen LogP contribution in [0, 0.1) is 0 Å². The van der Waals surface area contributed by atoms with Crippen LogP contribution >= 0.6 is 12.4 Å². The molecule has 2 aliphatic heterocycles. The second-order valence-corrected chi connectivity index (χ2v) is 5.85. The van der Waals surface area contributed by atoms with E-state index in [2.05, 4.69) is 26.2 Å². The molecule has 0 bridgehead atoms. The first kappa shape index (κ1) is 18.4. The molecule has 0 aliphatic carbocycles. The molecule has 2 aliphatic rings. The second kappa shape index (κ2) is 8.30. The molecule has 0 spiro atoms. The van der Waals surface area contributed by atoms with Gasteiger partial charge in [0.1, 0.15) is 17.8 Å². The van der Waals surface area contributed by atoms with Crippen molar-refractivity contribution in [2.45, 2.75) is 25.1 Å². The summed E-state index contributed by atoms with van der Waals surface area (Å²) in [6.45, 7) is 1.89. The molecule has 9 nitrogen and oxygen atoms in total. The van der Waals surface area contributed by atoms with E-state index in [-0.39, 0.29) is 23.8 Å². The summed E-state index contributed by atoms with van der Waals surface area (Å²) in [6.07, 6.45) is 4.19. The van der Waals surface area contributed by atoms with E-state index in [9.17, 15) is 4.48 Å². The lowest BCUT2D eigenvalue weighted by atomic mass is 10.1. The Balaban J connectivity index is 0.00000196. The predicted octanol–water partition coefficient (Wildman–Crippen LogP) is 1.57. The lowest BCUT2D eigenvalue weighted by Crippen LogP contribution is -2.42. The van der Waals surface area contributed by atoms with Gasteiger partial charge in [0, 0.05) is 0 Å². The third kappa shape index (κ3) is 4.03. The molecule has 26 heavy (non-hydrogen) atoms. The van der Waals surface area contributed by atoms with Crippen molar-refractivity contribution in [1.82, 2.24) is 36.2 Å². The molecular formula is C15H20ClFN8O. The molecule has 11 heteroatoms. The van der Waals surface area contributed by atoms with Gasteiger partial charge in [0.2, 0.25) is 6.23 Å². The van der Waals surface area contributed by atoms with E-state index in [0.29, 0.717) is 11.4 Å². The summed E-state index contributed by atoms with van der Waals surface area (Å²) in [5, 5.41) is 17.3. The fourth-order valence-electron chi connectivity index (χ4n) is 2.86. The van der Waals surface area contributed by atoms with Crippen LogP contribution in [-0.4, -0.2) is 44.8 Å². The van der Waals surface area contributed by atoms with E-state index >= 15 is 0 Å². The highest BCUT2D eigenvalue weighted by atomic mass is 35.5. The van der Waals surface area contributed by atoms with Crippen molar-refractivity contribution in [3.05, 3.63) is 42.2 Å². The molecule has 1 fully saturated rings. The standard InChI is InChI=1S/C15H19FN8O.ClH/c16-24-19-11-22(21-24)15(25-13-4-2-1-3-5-13)14-10-18-23(20-14)12-6-8-17-9-7-12;/h1-5,10-12,15,17,21H,6-9H2;1H. The Hall–Kier alpha value is -2.43. The number of nitrogens with zero attached hydrogens (tertiary/aromatic N) is 6. The number of halogens is 2. The van der Waals surface area contributed by atoms with Crippen LogP contribution in [0.1, 0.15) is 30.8 Å². The van der Waals surface area contributed by atoms with E-state index in [1.807, 2.05) is 30.3 Å². The first-order chi connectivity index (χ1) is 12.3. The lowest BCUT2D eigenvalue weighted by molar-refractivity contribution is -0.100. The number of aromatic nitrogens is 3. The molecule has 3 heterocycles. The van der Waals surface area contributed by atoms with Gasteiger partial charge in [-0.15, -0.1) is 17.5 Å². The van der Waals surface area contributed by atoms with E-state index in [0.717, 1.165) is 25.9 Å². The lowest BCUT2D eigenvalue weighted by Gasteiger charge is -2.25. The molecule has 0 saturated carbocycles. The SMILES string of the molecule is Cl.FN1N=CN(C(Oc2ccccc2)c2cnn(C3CCNCC3)n2)N1. The largest absolute Gasteiger partial charge is 0.463 e. The van der Waals surface area contributed by atoms with Crippen LogP contribution in [-0.2, 0) is 0 Å². The quantitative estimate of drug-likeness (QED) is 0.759. The number of piperidine rings is 1. The van der Waals surface area contributed by atoms with Crippen LogP contribution in [0.25, 0.3) is 0 Å². The molecule has 1 atom stereocenters. The molecule has 2 aromatic rings. The maximum Gasteiger partial charge on any atom is 0.234 e. The van der Waals surface area contributed by atoms with Crippen molar-refractivity contribution in [2.75, 3.05) is 13.1 Å². The number of benzene rings is 1. The van der Waals surface area contributed by atoms with Crippen molar-refractivity contribution >= 4 is 18.7 Å². The van der Waals surface area contributed by atoms with E-state index in [1.165, 1.54) is 11.3 Å². The zero-order chi connectivity index (χ0) is 17.1. The highest BCUT2D eigenvalue weighted by molar-refractivity contribution is 5.85. The van der Waals surface area contributed by atoms with Crippen molar-refractivity contribution < 1.29 is 9.22 Å². The number of para-hydroxylation sites is 1. The Bertz CT molecular complexity index is 723. The number of hydrogen-bond donors (Lipinski definition) is 2. The van der Waals surface area contributed by atoms with Gasteiger partial charge in [-0.2, -0.15) is 15.0 Å².